The summed E-state index contributed by atoms with van der Waals surface area (Å²) in [5.74, 6) is -3.71. The molecule has 0 aliphatic rings. The maximum atomic E-state index is 12.9. The first-order valence-corrected chi connectivity index (χ1v) is 9.59. The van der Waals surface area contributed by atoms with E-state index in [1.165, 1.54) is 14.2 Å². The zero-order valence-corrected chi connectivity index (χ0v) is 17.9. The van der Waals surface area contributed by atoms with Crippen molar-refractivity contribution >= 4 is 17.8 Å². The number of carboxylic acids is 1. The van der Waals surface area contributed by atoms with E-state index < -0.39 is 47.7 Å². The Labute approximate surface area is 176 Å². The standard InChI is InChI=1S/C21H32N2O7/c1-21(2,12-29-3)10-14(9-17(25)26)20(28)23-16(11-24)18(19(22)27)13-5-7-15(30-4)8-6-13/h5-8,14,16,18,24H,9-12H2,1-4H3,(H2,22,27)(H,23,28)(H,25,26)/t14-,16+,18?/m0/s1. The number of nitrogens with two attached hydrogens (primary N) is 1. The molecule has 0 aliphatic heterocycles. The van der Waals surface area contributed by atoms with E-state index in [-0.39, 0.29) is 12.8 Å². The van der Waals surface area contributed by atoms with Crippen molar-refractivity contribution in [1.29, 1.82) is 0 Å². The number of primary amides is 1. The van der Waals surface area contributed by atoms with Crippen LogP contribution < -0.4 is 15.8 Å². The molecule has 1 aromatic rings. The van der Waals surface area contributed by atoms with Crippen LogP contribution in [0.25, 0.3) is 0 Å². The number of hydrogen-bond acceptors (Lipinski definition) is 6. The monoisotopic (exact) mass is 424 g/mol. The highest BCUT2D eigenvalue weighted by atomic mass is 16.5. The molecule has 0 fully saturated rings. The highest BCUT2D eigenvalue weighted by molar-refractivity contribution is 5.86. The fraction of sp³-hybridized carbons (Fsp3) is 0.571. The number of rotatable bonds is 13. The molecule has 1 rings (SSSR count). The lowest BCUT2D eigenvalue weighted by Crippen LogP contribution is -2.49. The molecule has 0 radical (unpaired) electrons. The molecule has 30 heavy (non-hydrogen) atoms. The van der Waals surface area contributed by atoms with E-state index in [0.29, 0.717) is 17.9 Å². The minimum absolute atomic E-state index is 0.251. The Hall–Kier alpha value is -2.65. The summed E-state index contributed by atoms with van der Waals surface area (Å²) in [6, 6.07) is 5.52. The summed E-state index contributed by atoms with van der Waals surface area (Å²) in [5, 5.41) is 21.7. The van der Waals surface area contributed by atoms with Crippen LogP contribution in [0.5, 0.6) is 5.75 Å². The zero-order chi connectivity index (χ0) is 22.9. The Morgan fingerprint density at radius 2 is 1.77 bits per heavy atom. The lowest BCUT2D eigenvalue weighted by molar-refractivity contribution is -0.142. The predicted octanol–water partition coefficient (Wildman–Crippen LogP) is 0.895. The molecule has 0 aliphatic carbocycles. The molecule has 0 spiro atoms. The number of nitrogens with one attached hydrogen (secondary N) is 1. The third-order valence-electron chi connectivity index (χ3n) is 4.83. The predicted molar refractivity (Wildman–Crippen MR) is 110 cm³/mol. The quantitative estimate of drug-likeness (QED) is 0.367. The van der Waals surface area contributed by atoms with Crippen molar-refractivity contribution in [1.82, 2.24) is 5.32 Å². The van der Waals surface area contributed by atoms with Crippen LogP contribution in [-0.2, 0) is 19.1 Å². The van der Waals surface area contributed by atoms with Crippen molar-refractivity contribution in [3.63, 3.8) is 0 Å². The Morgan fingerprint density at radius 1 is 1.17 bits per heavy atom. The number of carboxylic acid groups (broad SMARTS) is 1. The van der Waals surface area contributed by atoms with Gasteiger partial charge >= 0.3 is 5.97 Å². The number of amides is 2. The van der Waals surface area contributed by atoms with Crippen molar-refractivity contribution in [3.05, 3.63) is 29.8 Å². The normalized spacial score (nSPS) is 14.4. The first-order chi connectivity index (χ1) is 14.0. The van der Waals surface area contributed by atoms with Crippen molar-refractivity contribution < 1.29 is 34.1 Å². The molecular formula is C21H32N2O7. The smallest absolute Gasteiger partial charge is 0.304 e. The average molecular weight is 424 g/mol. The van der Waals surface area contributed by atoms with Crippen molar-refractivity contribution in [2.45, 2.75) is 38.6 Å². The van der Waals surface area contributed by atoms with E-state index in [2.05, 4.69) is 5.32 Å². The molecular weight excluding hydrogens is 392 g/mol. The molecule has 0 saturated carbocycles. The van der Waals surface area contributed by atoms with Crippen LogP contribution in [0.3, 0.4) is 0 Å². The first kappa shape index (κ1) is 25.4. The molecule has 5 N–H and O–H groups in total. The van der Waals surface area contributed by atoms with Crippen LogP contribution in [0.2, 0.25) is 0 Å². The van der Waals surface area contributed by atoms with Gasteiger partial charge < -0.3 is 30.7 Å². The molecule has 1 aromatic carbocycles. The first-order valence-electron chi connectivity index (χ1n) is 9.59. The maximum Gasteiger partial charge on any atom is 0.304 e. The van der Waals surface area contributed by atoms with Crippen molar-refractivity contribution in [3.8, 4) is 5.75 Å². The number of carbonyl (C=O) groups is 3. The van der Waals surface area contributed by atoms with Gasteiger partial charge in [0.05, 0.1) is 38.7 Å². The number of benzene rings is 1. The molecule has 168 valence electrons. The van der Waals surface area contributed by atoms with Crippen molar-refractivity contribution in [2.24, 2.45) is 17.1 Å². The van der Waals surface area contributed by atoms with Gasteiger partial charge in [0.2, 0.25) is 11.8 Å². The van der Waals surface area contributed by atoms with Gasteiger partial charge in [-0.05, 0) is 29.5 Å². The van der Waals surface area contributed by atoms with Crippen LogP contribution in [0, 0.1) is 11.3 Å². The molecule has 1 unspecified atom stereocenters. The number of aliphatic hydroxyl groups is 1. The van der Waals surface area contributed by atoms with Gasteiger partial charge in [0.1, 0.15) is 5.75 Å². The SMILES string of the molecule is COCC(C)(C)C[C@H](CC(=O)O)C(=O)N[C@H](CO)C(C(N)=O)c1ccc(OC)cc1. The van der Waals surface area contributed by atoms with Crippen LogP contribution in [0.15, 0.2) is 24.3 Å². The fourth-order valence-corrected chi connectivity index (χ4v) is 3.53. The summed E-state index contributed by atoms with van der Waals surface area (Å²) in [6.45, 7) is 3.53. The highest BCUT2D eigenvalue weighted by Gasteiger charge is 2.34. The van der Waals surface area contributed by atoms with E-state index in [1.807, 2.05) is 13.8 Å². The lowest BCUT2D eigenvalue weighted by Gasteiger charge is -2.30. The van der Waals surface area contributed by atoms with Gasteiger partial charge in [-0.3, -0.25) is 14.4 Å². The number of aliphatic carboxylic acids is 1. The van der Waals surface area contributed by atoms with Gasteiger partial charge in [0.15, 0.2) is 0 Å². The number of carbonyl (C=O) groups excluding carboxylic acids is 2. The van der Waals surface area contributed by atoms with Crippen LogP contribution in [0.1, 0.15) is 38.2 Å². The second-order valence-electron chi connectivity index (χ2n) is 8.05. The third-order valence-corrected chi connectivity index (χ3v) is 4.83. The van der Waals surface area contributed by atoms with Gasteiger partial charge in [-0.15, -0.1) is 0 Å². The molecule has 0 bridgehead atoms. The summed E-state index contributed by atoms with van der Waals surface area (Å²) < 4.78 is 10.2. The molecule has 2 amide bonds. The minimum atomic E-state index is -1.12. The number of aliphatic hydroxyl groups excluding tert-OH is 1. The molecule has 9 nitrogen and oxygen atoms in total. The Kier molecular flexibility index (Phi) is 9.74. The molecule has 0 saturated heterocycles. The summed E-state index contributed by atoms with van der Waals surface area (Å²) in [4.78, 5) is 36.3. The number of methoxy groups -OCH3 is 2. The lowest BCUT2D eigenvalue weighted by atomic mass is 9.81. The minimum Gasteiger partial charge on any atom is -0.497 e. The van der Waals surface area contributed by atoms with Gasteiger partial charge in [-0.25, -0.2) is 0 Å². The largest absolute Gasteiger partial charge is 0.497 e. The fourth-order valence-electron chi connectivity index (χ4n) is 3.53. The van der Waals surface area contributed by atoms with Crippen LogP contribution in [0.4, 0.5) is 0 Å². The Balaban J connectivity index is 3.08. The zero-order valence-electron chi connectivity index (χ0n) is 17.9. The van der Waals surface area contributed by atoms with Crippen LogP contribution >= 0.6 is 0 Å². The summed E-state index contributed by atoms with van der Waals surface area (Å²) in [6.07, 6.45) is -0.137. The average Bonchev–Trinajstić information content (AvgIpc) is 2.66. The van der Waals surface area contributed by atoms with Crippen molar-refractivity contribution in [2.75, 3.05) is 27.4 Å². The van der Waals surface area contributed by atoms with E-state index in [0.717, 1.165) is 0 Å². The number of ether oxygens (including phenoxy) is 2. The second-order valence-corrected chi connectivity index (χ2v) is 8.05. The summed E-state index contributed by atoms with van der Waals surface area (Å²) in [7, 11) is 3.03. The summed E-state index contributed by atoms with van der Waals surface area (Å²) in [5.41, 5.74) is 5.60. The molecule has 3 atom stereocenters. The Morgan fingerprint density at radius 3 is 2.20 bits per heavy atom. The molecule has 0 heterocycles. The molecule has 9 heteroatoms. The van der Waals surface area contributed by atoms with E-state index in [4.69, 9.17) is 15.2 Å². The molecule has 0 aromatic heterocycles. The summed E-state index contributed by atoms with van der Waals surface area (Å²) >= 11 is 0. The van der Waals surface area contributed by atoms with Gasteiger partial charge in [-0.1, -0.05) is 26.0 Å². The van der Waals surface area contributed by atoms with Gasteiger partial charge in [-0.2, -0.15) is 0 Å². The number of hydrogen-bond donors (Lipinski definition) is 4. The van der Waals surface area contributed by atoms with E-state index in [1.54, 1.807) is 24.3 Å². The van der Waals surface area contributed by atoms with Gasteiger partial charge in [0.25, 0.3) is 0 Å². The van der Waals surface area contributed by atoms with E-state index in [9.17, 15) is 24.6 Å². The van der Waals surface area contributed by atoms with Crippen LogP contribution in [-0.4, -0.2) is 61.5 Å². The maximum absolute atomic E-state index is 12.9. The highest BCUT2D eigenvalue weighted by Crippen LogP contribution is 2.29. The second kappa shape index (κ2) is 11.5. The van der Waals surface area contributed by atoms with E-state index >= 15 is 0 Å². The third kappa shape index (κ3) is 7.64. The topological polar surface area (TPSA) is 148 Å². The Bertz CT molecular complexity index is 719. The van der Waals surface area contributed by atoms with Gasteiger partial charge in [0, 0.05) is 13.0 Å².